The molecule has 0 bridgehead atoms. The van der Waals surface area contributed by atoms with Crippen LogP contribution in [0.25, 0.3) is 11.1 Å². The third kappa shape index (κ3) is 2.49. The summed E-state index contributed by atoms with van der Waals surface area (Å²) in [6.07, 6.45) is 2.09. The first-order chi connectivity index (χ1) is 10.5. The number of benzene rings is 1. The van der Waals surface area contributed by atoms with Crippen molar-refractivity contribution in [1.29, 1.82) is 0 Å². The first-order valence-electron chi connectivity index (χ1n) is 7.46. The van der Waals surface area contributed by atoms with Gasteiger partial charge in [-0.2, -0.15) is 0 Å². The van der Waals surface area contributed by atoms with Crippen LogP contribution in [-0.2, 0) is 4.79 Å². The van der Waals surface area contributed by atoms with E-state index < -0.39 is 5.97 Å². The molecule has 1 fully saturated rings. The second-order valence-electron chi connectivity index (χ2n) is 6.05. The Labute approximate surface area is 128 Å². The van der Waals surface area contributed by atoms with E-state index >= 15 is 0 Å². The number of carboxylic acid groups (broad SMARTS) is 1. The Hall–Kier alpha value is -2.24. The van der Waals surface area contributed by atoms with Crippen LogP contribution in [0.3, 0.4) is 0 Å². The van der Waals surface area contributed by atoms with Gasteiger partial charge in [0.25, 0.3) is 0 Å². The molecule has 0 radical (unpaired) electrons. The van der Waals surface area contributed by atoms with Gasteiger partial charge in [-0.25, -0.2) is 4.98 Å². The average Bonchev–Trinajstić information content (AvgIpc) is 2.88. The normalized spacial score (nSPS) is 25.3. The molecule has 3 unspecified atom stereocenters. The fourth-order valence-corrected chi connectivity index (χ4v) is 3.31. The number of methoxy groups -OCH3 is 1. The highest BCUT2D eigenvalue weighted by Gasteiger charge is 2.34. The van der Waals surface area contributed by atoms with Gasteiger partial charge in [0, 0.05) is 18.1 Å². The molecular formula is C16H20N2O4. The molecule has 1 heterocycles. The van der Waals surface area contributed by atoms with Crippen molar-refractivity contribution in [3.8, 4) is 5.75 Å². The number of carbonyl (C=O) groups is 1. The molecule has 6 nitrogen and oxygen atoms in total. The number of anilines is 1. The SMILES string of the molecule is COc1cc2nc(C3CCC(C(=O)O)CC3C)oc2cc1N. The van der Waals surface area contributed by atoms with Crippen molar-refractivity contribution in [3.05, 3.63) is 18.0 Å². The molecule has 0 aliphatic heterocycles. The average molecular weight is 304 g/mol. The number of oxazole rings is 1. The van der Waals surface area contributed by atoms with Crippen LogP contribution in [-0.4, -0.2) is 23.2 Å². The lowest BCUT2D eigenvalue weighted by Gasteiger charge is -2.30. The van der Waals surface area contributed by atoms with Crippen molar-refractivity contribution in [2.75, 3.05) is 12.8 Å². The van der Waals surface area contributed by atoms with Gasteiger partial charge in [-0.05, 0) is 25.2 Å². The molecule has 0 amide bonds. The molecule has 3 rings (SSSR count). The molecule has 1 aliphatic carbocycles. The van der Waals surface area contributed by atoms with E-state index in [1.807, 2.05) is 0 Å². The van der Waals surface area contributed by atoms with Gasteiger partial charge in [0.2, 0.25) is 0 Å². The van der Waals surface area contributed by atoms with E-state index in [-0.39, 0.29) is 17.8 Å². The number of hydrogen-bond acceptors (Lipinski definition) is 5. The van der Waals surface area contributed by atoms with Crippen LogP contribution in [0.5, 0.6) is 5.75 Å². The van der Waals surface area contributed by atoms with Crippen molar-refractivity contribution in [3.63, 3.8) is 0 Å². The number of aliphatic carboxylic acids is 1. The monoisotopic (exact) mass is 304 g/mol. The van der Waals surface area contributed by atoms with E-state index in [4.69, 9.17) is 20.0 Å². The zero-order valence-corrected chi connectivity index (χ0v) is 12.7. The number of rotatable bonds is 3. The number of nitrogens with zero attached hydrogens (tertiary/aromatic N) is 1. The summed E-state index contributed by atoms with van der Waals surface area (Å²) >= 11 is 0. The van der Waals surface area contributed by atoms with Gasteiger partial charge in [0.05, 0.1) is 18.7 Å². The van der Waals surface area contributed by atoms with Crippen LogP contribution in [0.15, 0.2) is 16.5 Å². The lowest BCUT2D eigenvalue weighted by molar-refractivity contribution is -0.143. The standard InChI is InChI=1S/C16H20N2O4/c1-8-5-9(16(19)20)3-4-10(8)15-18-12-7-13(21-2)11(17)6-14(12)22-15/h6-10H,3-5,17H2,1-2H3,(H,19,20). The van der Waals surface area contributed by atoms with E-state index in [9.17, 15) is 4.79 Å². The molecule has 0 saturated heterocycles. The van der Waals surface area contributed by atoms with Gasteiger partial charge >= 0.3 is 5.97 Å². The smallest absolute Gasteiger partial charge is 0.306 e. The lowest BCUT2D eigenvalue weighted by atomic mass is 9.75. The zero-order valence-electron chi connectivity index (χ0n) is 12.7. The van der Waals surface area contributed by atoms with E-state index in [0.717, 1.165) is 6.42 Å². The maximum absolute atomic E-state index is 11.1. The van der Waals surface area contributed by atoms with E-state index in [2.05, 4.69) is 11.9 Å². The maximum Gasteiger partial charge on any atom is 0.306 e. The number of ether oxygens (including phenoxy) is 1. The summed E-state index contributed by atoms with van der Waals surface area (Å²) in [5.41, 5.74) is 7.76. The summed E-state index contributed by atoms with van der Waals surface area (Å²) in [4.78, 5) is 15.7. The van der Waals surface area contributed by atoms with Crippen LogP contribution in [0.1, 0.15) is 38.0 Å². The van der Waals surface area contributed by atoms with Crippen molar-refractivity contribution < 1.29 is 19.1 Å². The predicted octanol–water partition coefficient (Wildman–Crippen LogP) is 3.02. The molecule has 22 heavy (non-hydrogen) atoms. The van der Waals surface area contributed by atoms with Gasteiger partial charge in [-0.15, -0.1) is 0 Å². The van der Waals surface area contributed by atoms with Crippen molar-refractivity contribution in [2.24, 2.45) is 11.8 Å². The molecule has 6 heteroatoms. The Morgan fingerprint density at radius 2 is 2.23 bits per heavy atom. The molecule has 1 aromatic carbocycles. The second kappa shape index (κ2) is 5.51. The van der Waals surface area contributed by atoms with E-state index in [1.54, 1.807) is 19.2 Å². The predicted molar refractivity (Wildman–Crippen MR) is 81.9 cm³/mol. The van der Waals surface area contributed by atoms with Crippen molar-refractivity contribution in [2.45, 2.75) is 32.1 Å². The highest BCUT2D eigenvalue weighted by Crippen LogP contribution is 2.41. The molecule has 118 valence electrons. The maximum atomic E-state index is 11.1. The minimum Gasteiger partial charge on any atom is -0.495 e. The number of fused-ring (bicyclic) bond motifs is 1. The van der Waals surface area contributed by atoms with E-state index in [1.165, 1.54) is 0 Å². The zero-order chi connectivity index (χ0) is 15.9. The Balaban J connectivity index is 1.89. The summed E-state index contributed by atoms with van der Waals surface area (Å²) in [6.45, 7) is 2.06. The molecule has 2 aromatic rings. The van der Waals surface area contributed by atoms with Crippen LogP contribution in [0.4, 0.5) is 5.69 Å². The van der Waals surface area contributed by atoms with Crippen LogP contribution >= 0.6 is 0 Å². The quantitative estimate of drug-likeness (QED) is 0.846. The molecule has 0 spiro atoms. The van der Waals surface area contributed by atoms with Crippen LogP contribution in [0.2, 0.25) is 0 Å². The van der Waals surface area contributed by atoms with Gasteiger partial charge in [0.15, 0.2) is 11.5 Å². The fraction of sp³-hybridized carbons (Fsp3) is 0.500. The summed E-state index contributed by atoms with van der Waals surface area (Å²) < 4.78 is 11.1. The van der Waals surface area contributed by atoms with Gasteiger partial charge in [-0.1, -0.05) is 6.92 Å². The first-order valence-corrected chi connectivity index (χ1v) is 7.46. The lowest BCUT2D eigenvalue weighted by Crippen LogP contribution is -2.26. The summed E-state index contributed by atoms with van der Waals surface area (Å²) in [5.74, 6) is 0.651. The van der Waals surface area contributed by atoms with Crippen LogP contribution < -0.4 is 10.5 Å². The van der Waals surface area contributed by atoms with Gasteiger partial charge < -0.3 is 20.0 Å². The minimum atomic E-state index is -0.708. The molecule has 1 aliphatic rings. The fourth-order valence-electron chi connectivity index (χ4n) is 3.31. The van der Waals surface area contributed by atoms with Crippen molar-refractivity contribution >= 4 is 22.8 Å². The Bertz CT molecular complexity index is 709. The third-order valence-electron chi connectivity index (χ3n) is 4.59. The molecule has 3 atom stereocenters. The largest absolute Gasteiger partial charge is 0.495 e. The summed E-state index contributed by atoms with van der Waals surface area (Å²) in [6, 6.07) is 3.49. The number of hydrogen-bond donors (Lipinski definition) is 2. The highest BCUT2D eigenvalue weighted by molar-refractivity contribution is 5.80. The third-order valence-corrected chi connectivity index (χ3v) is 4.59. The van der Waals surface area contributed by atoms with Crippen molar-refractivity contribution in [1.82, 2.24) is 4.98 Å². The number of nitrogens with two attached hydrogens (primary N) is 1. The topological polar surface area (TPSA) is 98.6 Å². The van der Waals surface area contributed by atoms with Crippen LogP contribution in [0, 0.1) is 11.8 Å². The first kappa shape index (κ1) is 14.7. The molecule has 3 N–H and O–H groups in total. The van der Waals surface area contributed by atoms with Gasteiger partial charge in [0.1, 0.15) is 11.3 Å². The molecule has 1 saturated carbocycles. The van der Waals surface area contributed by atoms with Gasteiger partial charge in [-0.3, -0.25) is 4.79 Å². The molecular weight excluding hydrogens is 284 g/mol. The second-order valence-corrected chi connectivity index (χ2v) is 6.05. The number of carboxylic acids is 1. The summed E-state index contributed by atoms with van der Waals surface area (Å²) in [7, 11) is 1.56. The highest BCUT2D eigenvalue weighted by atomic mass is 16.5. The Morgan fingerprint density at radius 3 is 2.86 bits per heavy atom. The minimum absolute atomic E-state index is 0.148. The number of aromatic nitrogens is 1. The Kier molecular flexibility index (Phi) is 3.68. The number of nitrogen functional groups attached to an aromatic ring is 1. The van der Waals surface area contributed by atoms with E-state index in [0.29, 0.717) is 41.3 Å². The summed E-state index contributed by atoms with van der Waals surface area (Å²) in [5, 5.41) is 9.15. The molecule has 1 aromatic heterocycles. The Morgan fingerprint density at radius 1 is 1.45 bits per heavy atom.